The zero-order chi connectivity index (χ0) is 11.7. The van der Waals surface area contributed by atoms with Crippen molar-refractivity contribution in [1.29, 1.82) is 0 Å². The molecule has 0 saturated carbocycles. The lowest BCUT2D eigenvalue weighted by atomic mass is 10.0. The van der Waals surface area contributed by atoms with Crippen LogP contribution in [0.25, 0.3) is 0 Å². The molecule has 1 aromatic rings. The van der Waals surface area contributed by atoms with E-state index in [1.165, 1.54) is 0 Å². The van der Waals surface area contributed by atoms with E-state index in [0.717, 1.165) is 48.8 Å². The van der Waals surface area contributed by atoms with E-state index in [1.54, 1.807) is 0 Å². The van der Waals surface area contributed by atoms with Gasteiger partial charge >= 0.3 is 0 Å². The van der Waals surface area contributed by atoms with Crippen molar-refractivity contribution in [3.8, 4) is 5.75 Å². The number of fused-ring (bicyclic) bond motifs is 1. The SMILES string of the molecule is O=C(CC1=NCCN1)c1ccc2c(c1)CCO2. The first-order chi connectivity index (χ1) is 8.33. The summed E-state index contributed by atoms with van der Waals surface area (Å²) >= 11 is 0. The van der Waals surface area contributed by atoms with Crippen LogP contribution in [0, 0.1) is 0 Å². The number of carbonyl (C=O) groups excluding carboxylic acids is 1. The van der Waals surface area contributed by atoms with Gasteiger partial charge in [-0.3, -0.25) is 9.79 Å². The molecule has 4 nitrogen and oxygen atoms in total. The fraction of sp³-hybridized carbons (Fsp3) is 0.385. The third kappa shape index (κ3) is 2.02. The van der Waals surface area contributed by atoms with Gasteiger partial charge in [-0.05, 0) is 23.8 Å². The summed E-state index contributed by atoms with van der Waals surface area (Å²) in [4.78, 5) is 16.3. The highest BCUT2D eigenvalue weighted by Gasteiger charge is 2.17. The maximum atomic E-state index is 12.0. The zero-order valence-corrected chi connectivity index (χ0v) is 9.53. The topological polar surface area (TPSA) is 50.7 Å². The Hall–Kier alpha value is -1.84. The molecule has 88 valence electrons. The number of benzene rings is 1. The summed E-state index contributed by atoms with van der Waals surface area (Å²) in [5, 5.41) is 3.11. The maximum absolute atomic E-state index is 12.0. The molecule has 1 N–H and O–H groups in total. The van der Waals surface area contributed by atoms with Crippen LogP contribution in [0.1, 0.15) is 22.3 Å². The summed E-state index contributed by atoms with van der Waals surface area (Å²) in [6, 6.07) is 5.67. The lowest BCUT2D eigenvalue weighted by Gasteiger charge is -2.04. The number of carbonyl (C=O) groups is 1. The number of ether oxygens (including phenoxy) is 1. The molecule has 17 heavy (non-hydrogen) atoms. The van der Waals surface area contributed by atoms with Gasteiger partial charge in [0, 0.05) is 18.5 Å². The largest absolute Gasteiger partial charge is 0.493 e. The minimum Gasteiger partial charge on any atom is -0.493 e. The van der Waals surface area contributed by atoms with Gasteiger partial charge in [0.25, 0.3) is 0 Å². The van der Waals surface area contributed by atoms with Gasteiger partial charge in [0.05, 0.1) is 19.6 Å². The van der Waals surface area contributed by atoms with E-state index in [9.17, 15) is 4.79 Å². The Balaban J connectivity index is 1.77. The molecule has 0 amide bonds. The number of aliphatic imine (C=N–C) groups is 1. The summed E-state index contributed by atoms with van der Waals surface area (Å²) in [6.07, 6.45) is 1.27. The van der Waals surface area contributed by atoms with Crippen molar-refractivity contribution in [3.05, 3.63) is 29.3 Å². The van der Waals surface area contributed by atoms with Crippen molar-refractivity contribution in [2.75, 3.05) is 19.7 Å². The Morgan fingerprint density at radius 1 is 1.47 bits per heavy atom. The number of amidine groups is 1. The van der Waals surface area contributed by atoms with E-state index in [2.05, 4.69) is 10.3 Å². The van der Waals surface area contributed by atoms with Gasteiger partial charge < -0.3 is 10.1 Å². The molecule has 0 atom stereocenters. The Morgan fingerprint density at radius 2 is 2.41 bits per heavy atom. The van der Waals surface area contributed by atoms with Gasteiger partial charge in [0.15, 0.2) is 5.78 Å². The van der Waals surface area contributed by atoms with Crippen LogP contribution >= 0.6 is 0 Å². The number of ketones is 1. The molecule has 2 heterocycles. The van der Waals surface area contributed by atoms with Crippen LogP contribution in [-0.2, 0) is 6.42 Å². The Bertz CT molecular complexity index is 494. The molecule has 0 aromatic heterocycles. The average molecular weight is 230 g/mol. The fourth-order valence-corrected chi connectivity index (χ4v) is 2.18. The Kier molecular flexibility index (Phi) is 2.55. The quantitative estimate of drug-likeness (QED) is 0.794. The summed E-state index contributed by atoms with van der Waals surface area (Å²) in [5.41, 5.74) is 1.89. The second-order valence-corrected chi connectivity index (χ2v) is 4.28. The fourth-order valence-electron chi connectivity index (χ4n) is 2.18. The van der Waals surface area contributed by atoms with Crippen LogP contribution in [0.4, 0.5) is 0 Å². The van der Waals surface area contributed by atoms with Gasteiger partial charge in [-0.2, -0.15) is 0 Å². The van der Waals surface area contributed by atoms with E-state index in [0.29, 0.717) is 6.42 Å². The Labute approximate surface area is 99.7 Å². The van der Waals surface area contributed by atoms with Crippen LogP contribution in [-0.4, -0.2) is 31.3 Å². The van der Waals surface area contributed by atoms with E-state index >= 15 is 0 Å². The number of hydrogen-bond donors (Lipinski definition) is 1. The van der Waals surface area contributed by atoms with Gasteiger partial charge in [-0.25, -0.2) is 0 Å². The highest BCUT2D eigenvalue weighted by atomic mass is 16.5. The molecule has 0 aliphatic carbocycles. The second kappa shape index (κ2) is 4.20. The smallest absolute Gasteiger partial charge is 0.170 e. The average Bonchev–Trinajstić information content (AvgIpc) is 2.97. The molecule has 0 fully saturated rings. The summed E-state index contributed by atoms with van der Waals surface area (Å²) < 4.78 is 5.42. The summed E-state index contributed by atoms with van der Waals surface area (Å²) in [5.74, 6) is 1.84. The highest BCUT2D eigenvalue weighted by molar-refractivity contribution is 6.09. The predicted octanol–water partition coefficient (Wildman–Crippen LogP) is 1.20. The molecule has 0 saturated heterocycles. The highest BCUT2D eigenvalue weighted by Crippen LogP contribution is 2.26. The van der Waals surface area contributed by atoms with Crippen molar-refractivity contribution in [3.63, 3.8) is 0 Å². The number of rotatable bonds is 3. The van der Waals surface area contributed by atoms with Crippen molar-refractivity contribution >= 4 is 11.6 Å². The molecular formula is C13H14N2O2. The molecule has 2 aliphatic rings. The van der Waals surface area contributed by atoms with Crippen molar-refractivity contribution in [2.24, 2.45) is 4.99 Å². The molecule has 0 spiro atoms. The van der Waals surface area contributed by atoms with Gasteiger partial charge in [0.2, 0.25) is 0 Å². The number of Topliss-reactive ketones (excluding diaryl/α,β-unsaturated/α-hetero) is 1. The lowest BCUT2D eigenvalue weighted by molar-refractivity contribution is 0.1000. The first-order valence-corrected chi connectivity index (χ1v) is 5.89. The number of hydrogen-bond acceptors (Lipinski definition) is 4. The lowest BCUT2D eigenvalue weighted by Crippen LogP contribution is -2.21. The van der Waals surface area contributed by atoms with E-state index in [1.807, 2.05) is 18.2 Å². The van der Waals surface area contributed by atoms with Crippen LogP contribution < -0.4 is 10.1 Å². The van der Waals surface area contributed by atoms with Crippen LogP contribution in [0.15, 0.2) is 23.2 Å². The van der Waals surface area contributed by atoms with Gasteiger partial charge in [0.1, 0.15) is 11.6 Å². The van der Waals surface area contributed by atoms with Crippen molar-refractivity contribution in [1.82, 2.24) is 5.32 Å². The van der Waals surface area contributed by atoms with Gasteiger partial charge in [-0.15, -0.1) is 0 Å². The van der Waals surface area contributed by atoms with E-state index in [-0.39, 0.29) is 5.78 Å². The summed E-state index contributed by atoms with van der Waals surface area (Å²) in [7, 11) is 0. The third-order valence-corrected chi connectivity index (χ3v) is 3.08. The van der Waals surface area contributed by atoms with Crippen molar-refractivity contribution in [2.45, 2.75) is 12.8 Å². The maximum Gasteiger partial charge on any atom is 0.170 e. The van der Waals surface area contributed by atoms with E-state index in [4.69, 9.17) is 4.74 Å². The molecular weight excluding hydrogens is 216 g/mol. The minimum absolute atomic E-state index is 0.118. The number of nitrogens with one attached hydrogen (secondary N) is 1. The van der Waals surface area contributed by atoms with Crippen LogP contribution in [0.3, 0.4) is 0 Å². The first-order valence-electron chi connectivity index (χ1n) is 5.89. The zero-order valence-electron chi connectivity index (χ0n) is 9.53. The summed E-state index contributed by atoms with van der Waals surface area (Å²) in [6.45, 7) is 2.35. The monoisotopic (exact) mass is 230 g/mol. The van der Waals surface area contributed by atoms with Crippen molar-refractivity contribution < 1.29 is 9.53 Å². The molecule has 1 aromatic carbocycles. The minimum atomic E-state index is 0.118. The molecule has 0 bridgehead atoms. The van der Waals surface area contributed by atoms with E-state index < -0.39 is 0 Å². The molecule has 0 radical (unpaired) electrons. The second-order valence-electron chi connectivity index (χ2n) is 4.28. The predicted molar refractivity (Wildman–Crippen MR) is 64.9 cm³/mol. The van der Waals surface area contributed by atoms with Crippen LogP contribution in [0.2, 0.25) is 0 Å². The Morgan fingerprint density at radius 3 is 3.24 bits per heavy atom. The number of nitrogens with zero attached hydrogens (tertiary/aromatic N) is 1. The molecule has 2 aliphatic heterocycles. The third-order valence-electron chi connectivity index (χ3n) is 3.08. The molecule has 0 unspecified atom stereocenters. The normalized spacial score (nSPS) is 17.1. The van der Waals surface area contributed by atoms with Gasteiger partial charge in [-0.1, -0.05) is 0 Å². The molecule has 4 heteroatoms. The first kappa shape index (κ1) is 10.3. The molecule has 3 rings (SSSR count). The standard InChI is InChI=1S/C13H14N2O2/c16-11(8-13-14-4-5-15-13)9-1-2-12-10(7-9)3-6-17-12/h1-2,7H,3-6,8H2,(H,14,15). The van der Waals surface area contributed by atoms with Crippen LogP contribution in [0.5, 0.6) is 5.75 Å².